The molecule has 1 heterocycles. The molecule has 2 atom stereocenters. The molecular formula is C22H39IN4O5S. The first kappa shape index (κ1) is 29.9. The number of benzene rings is 1. The topological polar surface area (TPSA) is 101 Å². The van der Waals surface area contributed by atoms with Crippen LogP contribution in [0.3, 0.4) is 0 Å². The van der Waals surface area contributed by atoms with E-state index >= 15 is 0 Å². The molecule has 1 aliphatic rings. The predicted octanol–water partition coefficient (Wildman–Crippen LogP) is 2.21. The number of morpholine rings is 1. The summed E-state index contributed by atoms with van der Waals surface area (Å²) < 4.78 is 43.3. The summed E-state index contributed by atoms with van der Waals surface area (Å²) in [5.41, 5.74) is 1.03. The maximum absolute atomic E-state index is 12.8. The molecule has 0 spiro atoms. The van der Waals surface area contributed by atoms with Crippen LogP contribution >= 0.6 is 24.0 Å². The number of nitrogens with zero attached hydrogens (tertiary/aromatic N) is 2. The van der Waals surface area contributed by atoms with Gasteiger partial charge in [0.05, 0.1) is 31.6 Å². The van der Waals surface area contributed by atoms with Gasteiger partial charge in [-0.1, -0.05) is 12.1 Å². The van der Waals surface area contributed by atoms with Crippen LogP contribution in [0.1, 0.15) is 32.8 Å². The quantitative estimate of drug-likeness (QED) is 0.165. The molecule has 0 saturated carbocycles. The molecule has 0 amide bonds. The molecule has 0 bridgehead atoms. The monoisotopic (exact) mass is 598 g/mol. The molecular weight excluding hydrogens is 559 g/mol. The van der Waals surface area contributed by atoms with E-state index in [4.69, 9.17) is 14.2 Å². The first-order chi connectivity index (χ1) is 15.3. The molecule has 0 aliphatic carbocycles. The average Bonchev–Trinajstić information content (AvgIpc) is 2.76. The number of methoxy groups -OCH3 is 1. The minimum atomic E-state index is -3.38. The standard InChI is InChI=1S/C22H38N4O5S.HI/c1-5-30-13-6-11-23-22(25-15-20-7-9-21(29-4)10-8-20)24-12-14-32(27,28)26-16-18(2)31-19(3)17-26;/h7-10,18-19H,5-6,11-17H2,1-4H3,(H2,23,24,25);1H. The van der Waals surface area contributed by atoms with Crippen molar-refractivity contribution in [2.24, 2.45) is 4.99 Å². The summed E-state index contributed by atoms with van der Waals surface area (Å²) in [6, 6.07) is 7.70. The first-order valence-corrected chi connectivity index (χ1v) is 12.8. The van der Waals surface area contributed by atoms with E-state index in [2.05, 4.69) is 15.6 Å². The van der Waals surface area contributed by atoms with Crippen molar-refractivity contribution in [1.82, 2.24) is 14.9 Å². The third-order valence-electron chi connectivity index (χ3n) is 4.97. The van der Waals surface area contributed by atoms with Gasteiger partial charge in [0.15, 0.2) is 5.96 Å². The number of nitrogens with one attached hydrogen (secondary N) is 2. The van der Waals surface area contributed by atoms with Gasteiger partial charge in [-0.3, -0.25) is 0 Å². The SMILES string of the molecule is CCOCCCNC(=NCc1ccc(OC)cc1)NCCS(=O)(=O)N1CC(C)OC(C)C1.I. The highest BCUT2D eigenvalue weighted by molar-refractivity contribution is 14.0. The minimum Gasteiger partial charge on any atom is -0.497 e. The number of ether oxygens (including phenoxy) is 3. The van der Waals surface area contributed by atoms with E-state index in [9.17, 15) is 8.42 Å². The van der Waals surface area contributed by atoms with Gasteiger partial charge in [-0.15, -0.1) is 24.0 Å². The zero-order chi connectivity index (χ0) is 23.4. The number of rotatable bonds is 12. The van der Waals surface area contributed by atoms with Gasteiger partial charge < -0.3 is 24.8 Å². The summed E-state index contributed by atoms with van der Waals surface area (Å²) in [5.74, 6) is 1.37. The van der Waals surface area contributed by atoms with Crippen LogP contribution in [0.4, 0.5) is 0 Å². The fourth-order valence-electron chi connectivity index (χ4n) is 3.39. The van der Waals surface area contributed by atoms with E-state index in [1.165, 1.54) is 4.31 Å². The molecule has 11 heteroatoms. The fourth-order valence-corrected chi connectivity index (χ4v) is 4.88. The van der Waals surface area contributed by atoms with E-state index < -0.39 is 10.0 Å². The lowest BCUT2D eigenvalue weighted by molar-refractivity contribution is -0.0440. The van der Waals surface area contributed by atoms with Gasteiger partial charge >= 0.3 is 0 Å². The summed E-state index contributed by atoms with van der Waals surface area (Å²) in [6.07, 6.45) is 0.629. The van der Waals surface area contributed by atoms with Crippen LogP contribution in [-0.4, -0.2) is 83.1 Å². The minimum absolute atomic E-state index is 0. The Hall–Kier alpha value is -1.15. The van der Waals surface area contributed by atoms with E-state index in [-0.39, 0.29) is 48.5 Å². The van der Waals surface area contributed by atoms with Gasteiger partial charge in [0.25, 0.3) is 0 Å². The molecule has 0 aromatic heterocycles. The molecule has 2 N–H and O–H groups in total. The second-order valence-corrected chi connectivity index (χ2v) is 9.90. The van der Waals surface area contributed by atoms with Crippen molar-refractivity contribution in [1.29, 1.82) is 0 Å². The van der Waals surface area contributed by atoms with Crippen molar-refractivity contribution in [2.45, 2.75) is 45.9 Å². The Morgan fingerprint density at radius 3 is 2.39 bits per heavy atom. The number of aliphatic imine (C=N–C) groups is 1. The molecule has 33 heavy (non-hydrogen) atoms. The van der Waals surface area contributed by atoms with Crippen LogP contribution in [0.5, 0.6) is 5.75 Å². The number of guanidine groups is 1. The Balaban J connectivity index is 0.00000544. The molecule has 1 aromatic carbocycles. The van der Waals surface area contributed by atoms with E-state index in [1.54, 1.807) is 7.11 Å². The number of hydrogen-bond donors (Lipinski definition) is 2. The Morgan fingerprint density at radius 2 is 1.79 bits per heavy atom. The molecule has 0 radical (unpaired) electrons. The second-order valence-electron chi connectivity index (χ2n) is 7.81. The van der Waals surface area contributed by atoms with Crippen LogP contribution < -0.4 is 15.4 Å². The Labute approximate surface area is 215 Å². The maximum Gasteiger partial charge on any atom is 0.216 e. The Kier molecular flexibility index (Phi) is 14.2. The smallest absolute Gasteiger partial charge is 0.216 e. The number of halogens is 1. The van der Waals surface area contributed by atoms with E-state index in [0.717, 1.165) is 17.7 Å². The summed E-state index contributed by atoms with van der Waals surface area (Å²) in [5, 5.41) is 6.41. The third kappa shape index (κ3) is 11.2. The van der Waals surface area contributed by atoms with Crippen molar-refractivity contribution >= 4 is 40.0 Å². The molecule has 1 aliphatic heterocycles. The highest BCUT2D eigenvalue weighted by atomic mass is 127. The molecule has 1 saturated heterocycles. The first-order valence-electron chi connectivity index (χ1n) is 11.2. The lowest BCUT2D eigenvalue weighted by atomic mass is 10.2. The molecule has 190 valence electrons. The highest BCUT2D eigenvalue weighted by Crippen LogP contribution is 2.15. The van der Waals surface area contributed by atoms with Crippen LogP contribution in [0, 0.1) is 0 Å². The zero-order valence-corrected chi connectivity index (χ0v) is 23.2. The molecule has 2 unspecified atom stereocenters. The molecule has 1 aromatic rings. The molecule has 1 fully saturated rings. The van der Waals surface area contributed by atoms with Crippen LogP contribution in [0.2, 0.25) is 0 Å². The largest absolute Gasteiger partial charge is 0.497 e. The van der Waals surface area contributed by atoms with Gasteiger partial charge in [0, 0.05) is 39.4 Å². The maximum atomic E-state index is 12.8. The van der Waals surface area contributed by atoms with Crippen molar-refractivity contribution in [3.63, 3.8) is 0 Å². The normalized spacial score (nSPS) is 19.6. The van der Waals surface area contributed by atoms with Crippen molar-refractivity contribution in [2.75, 3.05) is 52.3 Å². The van der Waals surface area contributed by atoms with Gasteiger partial charge in [-0.25, -0.2) is 13.4 Å². The predicted molar refractivity (Wildman–Crippen MR) is 142 cm³/mol. The summed E-state index contributed by atoms with van der Waals surface area (Å²) in [4.78, 5) is 4.61. The van der Waals surface area contributed by atoms with E-state index in [1.807, 2.05) is 45.0 Å². The summed E-state index contributed by atoms with van der Waals surface area (Å²) >= 11 is 0. The fraction of sp³-hybridized carbons (Fsp3) is 0.682. The highest BCUT2D eigenvalue weighted by Gasteiger charge is 2.30. The van der Waals surface area contributed by atoms with Crippen LogP contribution in [0.25, 0.3) is 0 Å². The summed E-state index contributed by atoms with van der Waals surface area (Å²) in [6.45, 7) is 9.30. The molecule has 9 nitrogen and oxygen atoms in total. The van der Waals surface area contributed by atoms with Gasteiger partial charge in [-0.2, -0.15) is 4.31 Å². The van der Waals surface area contributed by atoms with E-state index in [0.29, 0.717) is 45.4 Å². The number of hydrogen-bond acceptors (Lipinski definition) is 6. The summed E-state index contributed by atoms with van der Waals surface area (Å²) in [7, 11) is -1.75. The van der Waals surface area contributed by atoms with Gasteiger partial charge in [0.2, 0.25) is 10.0 Å². The van der Waals surface area contributed by atoms with Crippen molar-refractivity contribution in [3.05, 3.63) is 29.8 Å². The molecule has 2 rings (SSSR count). The third-order valence-corrected chi connectivity index (χ3v) is 6.78. The lowest BCUT2D eigenvalue weighted by Gasteiger charge is -2.34. The van der Waals surface area contributed by atoms with Gasteiger partial charge in [-0.05, 0) is 44.9 Å². The van der Waals surface area contributed by atoms with Crippen molar-refractivity contribution < 1.29 is 22.6 Å². The zero-order valence-electron chi connectivity index (χ0n) is 20.1. The Bertz CT molecular complexity index is 798. The van der Waals surface area contributed by atoms with Crippen LogP contribution in [-0.2, 0) is 26.0 Å². The lowest BCUT2D eigenvalue weighted by Crippen LogP contribution is -2.50. The van der Waals surface area contributed by atoms with Crippen LogP contribution in [0.15, 0.2) is 29.3 Å². The second kappa shape index (κ2) is 15.7. The van der Waals surface area contributed by atoms with Gasteiger partial charge in [0.1, 0.15) is 5.75 Å². The number of sulfonamides is 1. The van der Waals surface area contributed by atoms with Crippen molar-refractivity contribution in [3.8, 4) is 5.75 Å². The Morgan fingerprint density at radius 1 is 1.15 bits per heavy atom. The average molecular weight is 599 g/mol.